The maximum Gasteiger partial charge on any atom is 0.263 e. The minimum Gasteiger partial charge on any atom is -0.487 e. The molecule has 0 radical (unpaired) electrons. The van der Waals surface area contributed by atoms with Crippen LogP contribution in [0.15, 0.2) is 51.5 Å². The molecule has 104 valence electrons. The van der Waals surface area contributed by atoms with Crippen LogP contribution in [-0.4, -0.2) is 4.98 Å². The Hall–Kier alpha value is -3.00. The van der Waals surface area contributed by atoms with Gasteiger partial charge in [-0.15, -0.1) is 0 Å². The highest BCUT2D eigenvalue weighted by molar-refractivity contribution is 5.44. The predicted molar refractivity (Wildman–Crippen MR) is 74.4 cm³/mol. The van der Waals surface area contributed by atoms with Gasteiger partial charge in [0.1, 0.15) is 23.8 Å². The quantitative estimate of drug-likeness (QED) is 0.728. The van der Waals surface area contributed by atoms with Crippen molar-refractivity contribution in [2.24, 2.45) is 0 Å². The van der Waals surface area contributed by atoms with E-state index in [9.17, 15) is 0 Å². The second kappa shape index (κ2) is 5.55. The lowest BCUT2D eigenvalue weighted by atomic mass is 10.2. The van der Waals surface area contributed by atoms with Gasteiger partial charge in [-0.1, -0.05) is 6.07 Å². The van der Waals surface area contributed by atoms with Crippen LogP contribution >= 0.6 is 0 Å². The van der Waals surface area contributed by atoms with Gasteiger partial charge < -0.3 is 13.6 Å². The molecule has 0 bridgehead atoms. The number of nitriles is 1. The van der Waals surface area contributed by atoms with Crippen LogP contribution in [0.25, 0.3) is 11.7 Å². The van der Waals surface area contributed by atoms with Gasteiger partial charge in [0, 0.05) is 0 Å². The van der Waals surface area contributed by atoms with Crippen LogP contribution < -0.4 is 4.74 Å². The number of furan rings is 1. The average Bonchev–Trinajstić information content (AvgIpc) is 3.15. The van der Waals surface area contributed by atoms with E-state index in [0.717, 1.165) is 0 Å². The summed E-state index contributed by atoms with van der Waals surface area (Å²) in [5.41, 5.74) is 1.25. The highest BCUT2D eigenvalue weighted by Crippen LogP contribution is 2.23. The molecule has 1 aromatic carbocycles. The Morgan fingerprint density at radius 1 is 1.29 bits per heavy atom. The van der Waals surface area contributed by atoms with Crippen molar-refractivity contribution < 1.29 is 13.6 Å². The summed E-state index contributed by atoms with van der Waals surface area (Å²) >= 11 is 0. The van der Waals surface area contributed by atoms with Crippen molar-refractivity contribution >= 4 is 0 Å². The summed E-state index contributed by atoms with van der Waals surface area (Å²) < 4.78 is 16.4. The Morgan fingerprint density at radius 2 is 2.19 bits per heavy atom. The molecule has 21 heavy (non-hydrogen) atoms. The van der Waals surface area contributed by atoms with E-state index in [1.807, 2.05) is 6.92 Å². The van der Waals surface area contributed by atoms with Crippen LogP contribution in [0, 0.1) is 18.3 Å². The van der Waals surface area contributed by atoms with Gasteiger partial charge in [0.25, 0.3) is 5.89 Å². The number of oxazole rings is 1. The fourth-order valence-corrected chi connectivity index (χ4v) is 1.87. The van der Waals surface area contributed by atoms with Gasteiger partial charge in [0.2, 0.25) is 0 Å². The van der Waals surface area contributed by atoms with Crippen LogP contribution in [0.2, 0.25) is 0 Å². The van der Waals surface area contributed by atoms with E-state index < -0.39 is 0 Å². The molecule has 0 N–H and O–H groups in total. The van der Waals surface area contributed by atoms with Gasteiger partial charge in [-0.2, -0.15) is 5.26 Å². The maximum absolute atomic E-state index is 8.86. The molecule has 0 unspecified atom stereocenters. The zero-order chi connectivity index (χ0) is 14.7. The van der Waals surface area contributed by atoms with Crippen LogP contribution in [0.3, 0.4) is 0 Å². The second-order valence-corrected chi connectivity index (χ2v) is 4.43. The first kappa shape index (κ1) is 13.0. The van der Waals surface area contributed by atoms with Crippen molar-refractivity contribution in [1.82, 2.24) is 4.98 Å². The summed E-state index contributed by atoms with van der Waals surface area (Å²) in [5.74, 6) is 2.31. The molecule has 2 heterocycles. The third-order valence-electron chi connectivity index (χ3n) is 2.96. The fraction of sp³-hybridized carbons (Fsp3) is 0.125. The lowest BCUT2D eigenvalue weighted by Crippen LogP contribution is -1.97. The summed E-state index contributed by atoms with van der Waals surface area (Å²) in [5, 5.41) is 8.86. The van der Waals surface area contributed by atoms with E-state index in [1.54, 1.807) is 42.7 Å². The zero-order valence-corrected chi connectivity index (χ0v) is 11.4. The number of nitrogens with zero attached hydrogens (tertiary/aromatic N) is 2. The molecule has 3 rings (SSSR count). The van der Waals surface area contributed by atoms with Crippen molar-refractivity contribution in [2.75, 3.05) is 0 Å². The molecule has 0 spiro atoms. The Morgan fingerprint density at radius 3 is 2.95 bits per heavy atom. The van der Waals surface area contributed by atoms with Crippen LogP contribution in [0.4, 0.5) is 0 Å². The third-order valence-corrected chi connectivity index (χ3v) is 2.96. The van der Waals surface area contributed by atoms with Crippen LogP contribution in [0.1, 0.15) is 17.0 Å². The average molecular weight is 280 g/mol. The first-order valence-corrected chi connectivity index (χ1v) is 6.39. The normalized spacial score (nSPS) is 10.3. The Kier molecular flexibility index (Phi) is 3.44. The molecule has 0 saturated carbocycles. The van der Waals surface area contributed by atoms with Gasteiger partial charge in [-0.3, -0.25) is 0 Å². The van der Waals surface area contributed by atoms with Gasteiger partial charge >= 0.3 is 0 Å². The van der Waals surface area contributed by atoms with E-state index in [4.69, 9.17) is 18.8 Å². The molecule has 0 aliphatic carbocycles. The standard InChI is InChI=1S/C16H12N2O3/c1-11-14(18-16(21-11)15-6-3-7-19-15)10-20-13-5-2-4-12(8-13)9-17/h2-8H,10H2,1H3. The largest absolute Gasteiger partial charge is 0.487 e. The molecule has 0 fully saturated rings. The molecule has 2 aromatic heterocycles. The lowest BCUT2D eigenvalue weighted by Gasteiger charge is -2.04. The van der Waals surface area contributed by atoms with Crippen molar-refractivity contribution in [2.45, 2.75) is 13.5 Å². The fourth-order valence-electron chi connectivity index (χ4n) is 1.87. The summed E-state index contributed by atoms with van der Waals surface area (Å²) in [7, 11) is 0. The predicted octanol–water partition coefficient (Wildman–Crippen LogP) is 3.69. The molecule has 0 saturated heterocycles. The van der Waals surface area contributed by atoms with Gasteiger partial charge in [-0.25, -0.2) is 4.98 Å². The van der Waals surface area contributed by atoms with Gasteiger partial charge in [0.15, 0.2) is 5.76 Å². The molecule has 5 nitrogen and oxygen atoms in total. The SMILES string of the molecule is Cc1oc(-c2ccco2)nc1COc1cccc(C#N)c1. The summed E-state index contributed by atoms with van der Waals surface area (Å²) in [6.07, 6.45) is 1.57. The number of benzene rings is 1. The van der Waals surface area contributed by atoms with E-state index in [0.29, 0.717) is 34.4 Å². The summed E-state index contributed by atoms with van der Waals surface area (Å²) in [6, 6.07) is 12.6. The maximum atomic E-state index is 8.86. The van der Waals surface area contributed by atoms with Crippen molar-refractivity contribution in [3.8, 4) is 23.5 Å². The topological polar surface area (TPSA) is 72.2 Å². The van der Waals surface area contributed by atoms with Crippen LogP contribution in [0.5, 0.6) is 5.75 Å². The number of ether oxygens (including phenoxy) is 1. The number of aromatic nitrogens is 1. The zero-order valence-electron chi connectivity index (χ0n) is 11.4. The number of rotatable bonds is 4. The van der Waals surface area contributed by atoms with E-state index in [2.05, 4.69) is 11.1 Å². The van der Waals surface area contributed by atoms with Crippen molar-refractivity contribution in [3.63, 3.8) is 0 Å². The Balaban J connectivity index is 1.75. The monoisotopic (exact) mass is 280 g/mol. The number of hydrogen-bond acceptors (Lipinski definition) is 5. The molecule has 0 aliphatic heterocycles. The Bertz CT molecular complexity index is 782. The third kappa shape index (κ3) is 2.79. The molecule has 5 heteroatoms. The first-order chi connectivity index (χ1) is 10.3. The number of hydrogen-bond donors (Lipinski definition) is 0. The molecule has 0 aliphatic rings. The first-order valence-electron chi connectivity index (χ1n) is 6.39. The van der Waals surface area contributed by atoms with E-state index >= 15 is 0 Å². The minimum absolute atomic E-state index is 0.269. The van der Waals surface area contributed by atoms with Crippen molar-refractivity contribution in [1.29, 1.82) is 5.26 Å². The van der Waals surface area contributed by atoms with E-state index in [-0.39, 0.29) is 6.61 Å². The minimum atomic E-state index is 0.269. The molecule has 3 aromatic rings. The van der Waals surface area contributed by atoms with E-state index in [1.165, 1.54) is 0 Å². The van der Waals surface area contributed by atoms with Gasteiger partial charge in [-0.05, 0) is 37.3 Å². The molecule has 0 atom stereocenters. The van der Waals surface area contributed by atoms with Crippen molar-refractivity contribution in [3.05, 3.63) is 59.7 Å². The molecular formula is C16H12N2O3. The molecule has 0 amide bonds. The Labute approximate surface area is 121 Å². The summed E-state index contributed by atoms with van der Waals surface area (Å²) in [4.78, 5) is 4.36. The lowest BCUT2D eigenvalue weighted by molar-refractivity contribution is 0.299. The number of aryl methyl sites for hydroxylation is 1. The van der Waals surface area contributed by atoms with Crippen LogP contribution in [-0.2, 0) is 6.61 Å². The highest BCUT2D eigenvalue weighted by atomic mass is 16.5. The van der Waals surface area contributed by atoms with Gasteiger partial charge in [0.05, 0.1) is 17.9 Å². The summed E-state index contributed by atoms with van der Waals surface area (Å²) in [6.45, 7) is 2.09. The highest BCUT2D eigenvalue weighted by Gasteiger charge is 2.13. The smallest absolute Gasteiger partial charge is 0.263 e. The molecular weight excluding hydrogens is 268 g/mol. The second-order valence-electron chi connectivity index (χ2n) is 4.43.